The number of nitrogens with one attached hydrogen (secondary N) is 1. The van der Waals surface area contributed by atoms with E-state index >= 15 is 0 Å². The minimum Gasteiger partial charge on any atom is -0.381 e. The van der Waals surface area contributed by atoms with Crippen LogP contribution in [-0.4, -0.2) is 36.4 Å². The van der Waals surface area contributed by atoms with Crippen LogP contribution in [0.4, 0.5) is 0 Å². The highest BCUT2D eigenvalue weighted by atomic mass is 35.5. The number of amides is 1. The van der Waals surface area contributed by atoms with E-state index in [1.54, 1.807) is 19.2 Å². The van der Waals surface area contributed by atoms with Gasteiger partial charge in [-0.25, -0.2) is 0 Å². The van der Waals surface area contributed by atoms with E-state index < -0.39 is 5.54 Å². The van der Waals surface area contributed by atoms with Crippen LogP contribution >= 0.6 is 23.2 Å². The second kappa shape index (κ2) is 7.70. The molecule has 0 aliphatic carbocycles. The van der Waals surface area contributed by atoms with E-state index in [2.05, 4.69) is 15.5 Å². The van der Waals surface area contributed by atoms with Crippen LogP contribution in [0.1, 0.15) is 34.9 Å². The third kappa shape index (κ3) is 3.95. The summed E-state index contributed by atoms with van der Waals surface area (Å²) in [5.41, 5.74) is -0.481. The number of aromatic nitrogens is 2. The first kappa shape index (κ1) is 18.1. The average molecular weight is 386 g/mol. The Morgan fingerprint density at radius 1 is 1.36 bits per heavy atom. The van der Waals surface area contributed by atoms with Crippen LogP contribution in [0.15, 0.2) is 22.7 Å². The number of carbonyl (C=O) groups is 1. The number of benzene rings is 1. The Morgan fingerprint density at radius 3 is 2.80 bits per heavy atom. The van der Waals surface area contributed by atoms with Crippen molar-refractivity contribution in [1.29, 1.82) is 0 Å². The molecule has 0 radical (unpaired) electrons. The standard InChI is InChI=1S/C16H17Cl2N3O4/c1-23-9-13-19-15(25-21-13)16(4-6-24-7-5-16)20-14(22)11-3-2-10(17)8-12(11)18/h2-3,8H,4-7,9H2,1H3,(H,20,22). The van der Waals surface area contributed by atoms with Crippen LogP contribution in [0.2, 0.25) is 10.0 Å². The van der Waals surface area contributed by atoms with Crippen molar-refractivity contribution < 1.29 is 18.8 Å². The van der Waals surface area contributed by atoms with Crippen LogP contribution in [0.25, 0.3) is 0 Å². The molecule has 1 N–H and O–H groups in total. The zero-order chi connectivity index (χ0) is 17.9. The second-order valence-corrected chi connectivity index (χ2v) is 6.57. The van der Waals surface area contributed by atoms with E-state index in [0.717, 1.165) is 0 Å². The molecule has 134 valence electrons. The molecule has 0 spiro atoms. The average Bonchev–Trinajstić information content (AvgIpc) is 3.05. The fourth-order valence-corrected chi connectivity index (χ4v) is 3.20. The number of rotatable bonds is 5. The van der Waals surface area contributed by atoms with Crippen LogP contribution < -0.4 is 5.32 Å². The van der Waals surface area contributed by atoms with Gasteiger partial charge in [0.1, 0.15) is 12.1 Å². The minimum atomic E-state index is -0.808. The molecule has 1 aromatic heterocycles. The summed E-state index contributed by atoms with van der Waals surface area (Å²) in [5, 5.41) is 7.62. The van der Waals surface area contributed by atoms with Crippen LogP contribution in [0.5, 0.6) is 0 Å². The molecule has 1 aromatic carbocycles. The fourth-order valence-electron chi connectivity index (χ4n) is 2.71. The highest BCUT2D eigenvalue weighted by Gasteiger charge is 2.41. The molecule has 0 saturated carbocycles. The van der Waals surface area contributed by atoms with Gasteiger partial charge in [-0.05, 0) is 18.2 Å². The number of halogens is 2. The van der Waals surface area contributed by atoms with Gasteiger partial charge in [0.25, 0.3) is 11.8 Å². The zero-order valence-electron chi connectivity index (χ0n) is 13.6. The lowest BCUT2D eigenvalue weighted by molar-refractivity contribution is 0.0222. The molecule has 3 rings (SSSR count). The van der Waals surface area contributed by atoms with Gasteiger partial charge in [-0.2, -0.15) is 4.98 Å². The lowest BCUT2D eigenvalue weighted by Crippen LogP contribution is -2.49. The molecule has 25 heavy (non-hydrogen) atoms. The number of methoxy groups -OCH3 is 1. The Hall–Kier alpha value is -1.67. The van der Waals surface area contributed by atoms with Crippen molar-refractivity contribution in [3.05, 3.63) is 45.5 Å². The summed E-state index contributed by atoms with van der Waals surface area (Å²) in [5.74, 6) is 0.415. The maximum Gasteiger partial charge on any atom is 0.253 e. The summed E-state index contributed by atoms with van der Waals surface area (Å²) in [7, 11) is 1.55. The largest absolute Gasteiger partial charge is 0.381 e. The van der Waals surface area contributed by atoms with Gasteiger partial charge in [-0.3, -0.25) is 4.79 Å². The summed E-state index contributed by atoms with van der Waals surface area (Å²) in [6.45, 7) is 1.17. The molecule has 2 heterocycles. The molecule has 1 fully saturated rings. The fraction of sp³-hybridized carbons (Fsp3) is 0.438. The van der Waals surface area contributed by atoms with Crippen molar-refractivity contribution in [2.75, 3.05) is 20.3 Å². The summed E-state index contributed by atoms with van der Waals surface area (Å²) in [6.07, 6.45) is 1.02. The van der Waals surface area contributed by atoms with Gasteiger partial charge in [-0.15, -0.1) is 0 Å². The lowest BCUT2D eigenvalue weighted by Gasteiger charge is -2.34. The Balaban J connectivity index is 1.88. The van der Waals surface area contributed by atoms with E-state index in [0.29, 0.717) is 48.4 Å². The van der Waals surface area contributed by atoms with E-state index in [4.69, 9.17) is 37.2 Å². The molecular formula is C16H17Cl2N3O4. The van der Waals surface area contributed by atoms with E-state index in [9.17, 15) is 4.79 Å². The Morgan fingerprint density at radius 2 is 2.12 bits per heavy atom. The number of hydrogen-bond donors (Lipinski definition) is 1. The highest BCUT2D eigenvalue weighted by Crippen LogP contribution is 2.32. The molecule has 1 aliphatic rings. The van der Waals surface area contributed by atoms with Crippen molar-refractivity contribution in [3.63, 3.8) is 0 Å². The smallest absolute Gasteiger partial charge is 0.253 e. The molecule has 2 aromatic rings. The van der Waals surface area contributed by atoms with Gasteiger partial charge in [0, 0.05) is 38.2 Å². The van der Waals surface area contributed by atoms with Crippen LogP contribution in [0.3, 0.4) is 0 Å². The summed E-state index contributed by atoms with van der Waals surface area (Å²) in [4.78, 5) is 17.1. The predicted molar refractivity (Wildman–Crippen MR) is 90.7 cm³/mol. The van der Waals surface area contributed by atoms with Crippen LogP contribution in [-0.2, 0) is 21.6 Å². The molecule has 0 atom stereocenters. The summed E-state index contributed by atoms with van der Waals surface area (Å²) < 4.78 is 15.8. The van der Waals surface area contributed by atoms with Crippen molar-refractivity contribution in [1.82, 2.24) is 15.5 Å². The van der Waals surface area contributed by atoms with Gasteiger partial charge in [-0.1, -0.05) is 28.4 Å². The maximum absolute atomic E-state index is 12.8. The maximum atomic E-state index is 12.8. The zero-order valence-corrected chi connectivity index (χ0v) is 15.1. The lowest BCUT2D eigenvalue weighted by atomic mass is 9.89. The molecule has 1 aliphatic heterocycles. The van der Waals surface area contributed by atoms with E-state index in [1.807, 2.05) is 0 Å². The summed E-state index contributed by atoms with van der Waals surface area (Å²) >= 11 is 12.0. The molecule has 7 nitrogen and oxygen atoms in total. The number of carbonyl (C=O) groups excluding carboxylic acids is 1. The first-order valence-corrected chi connectivity index (χ1v) is 8.47. The Kier molecular flexibility index (Phi) is 5.58. The van der Waals surface area contributed by atoms with E-state index in [1.165, 1.54) is 6.07 Å². The second-order valence-electron chi connectivity index (χ2n) is 5.72. The molecule has 1 saturated heterocycles. The quantitative estimate of drug-likeness (QED) is 0.851. The van der Waals surface area contributed by atoms with E-state index in [-0.39, 0.29) is 17.5 Å². The topological polar surface area (TPSA) is 86.5 Å². The molecule has 0 unspecified atom stereocenters. The summed E-state index contributed by atoms with van der Waals surface area (Å²) in [6, 6.07) is 4.72. The first-order valence-electron chi connectivity index (χ1n) is 7.71. The van der Waals surface area contributed by atoms with Gasteiger partial charge in [0.15, 0.2) is 5.82 Å². The van der Waals surface area contributed by atoms with Crippen molar-refractivity contribution in [3.8, 4) is 0 Å². The molecule has 1 amide bonds. The van der Waals surface area contributed by atoms with Gasteiger partial charge >= 0.3 is 0 Å². The predicted octanol–water partition coefficient (Wildman–Crippen LogP) is 2.96. The minimum absolute atomic E-state index is 0.229. The van der Waals surface area contributed by atoms with Crippen molar-refractivity contribution in [2.45, 2.75) is 25.0 Å². The molecule has 0 bridgehead atoms. The molecular weight excluding hydrogens is 369 g/mol. The number of nitrogens with zero attached hydrogens (tertiary/aromatic N) is 2. The molecule has 9 heteroatoms. The monoisotopic (exact) mass is 385 g/mol. The van der Waals surface area contributed by atoms with Gasteiger partial charge in [0.05, 0.1) is 10.6 Å². The Bertz CT molecular complexity index is 760. The normalized spacial score (nSPS) is 16.6. The third-order valence-electron chi connectivity index (χ3n) is 4.03. The Labute approximate surface area is 154 Å². The van der Waals surface area contributed by atoms with Crippen molar-refractivity contribution in [2.24, 2.45) is 0 Å². The number of ether oxygens (including phenoxy) is 2. The van der Waals surface area contributed by atoms with Crippen molar-refractivity contribution >= 4 is 29.1 Å². The van der Waals surface area contributed by atoms with Crippen LogP contribution in [0, 0.1) is 0 Å². The van der Waals surface area contributed by atoms with Gasteiger partial charge < -0.3 is 19.3 Å². The van der Waals surface area contributed by atoms with Gasteiger partial charge in [0.2, 0.25) is 0 Å². The highest BCUT2D eigenvalue weighted by molar-refractivity contribution is 6.36. The third-order valence-corrected chi connectivity index (χ3v) is 4.57. The SMILES string of the molecule is COCc1noc(C2(NC(=O)c3ccc(Cl)cc3Cl)CCOCC2)n1. The first-order chi connectivity index (χ1) is 12.0. The number of hydrogen-bond acceptors (Lipinski definition) is 6.